The Hall–Kier alpha value is -4.20. The summed E-state index contributed by atoms with van der Waals surface area (Å²) in [4.78, 5) is 0. The fraction of sp³-hybridized carbons (Fsp3) is 0. The van der Waals surface area contributed by atoms with E-state index in [1.807, 2.05) is 109 Å². The van der Waals surface area contributed by atoms with Crippen molar-refractivity contribution in [2.24, 2.45) is 0 Å². The van der Waals surface area contributed by atoms with Crippen molar-refractivity contribution >= 4 is 0 Å². The molecule has 0 saturated carbocycles. The average molecular weight is 370 g/mol. The Morgan fingerprint density at radius 1 is 0.345 bits per heavy atom. The van der Waals surface area contributed by atoms with Gasteiger partial charge in [0.05, 0.1) is 0 Å². The molecule has 4 rings (SSSR count). The second kappa shape index (κ2) is 9.14. The first kappa shape index (κ1) is 18.2. The van der Waals surface area contributed by atoms with E-state index in [2.05, 4.69) is 23.7 Å². The topological polar surface area (TPSA) is 9.23 Å². The molecule has 0 saturated heterocycles. The molecule has 0 aliphatic carbocycles. The normalized spacial score (nSPS) is 9.52. The minimum atomic E-state index is 0.776. The van der Waals surface area contributed by atoms with Crippen molar-refractivity contribution in [3.05, 3.63) is 131 Å². The molecule has 0 atom stereocenters. The highest BCUT2D eigenvalue weighted by Gasteiger charge is 1.98. The molecule has 29 heavy (non-hydrogen) atoms. The first-order valence-electron chi connectivity index (χ1n) is 9.37. The van der Waals surface area contributed by atoms with Gasteiger partial charge in [0.25, 0.3) is 0 Å². The molecule has 1 nitrogen and oxygen atoms in total. The van der Waals surface area contributed by atoms with Crippen LogP contribution in [0.4, 0.5) is 0 Å². The second-order valence-electron chi connectivity index (χ2n) is 6.38. The SMILES string of the molecule is C(#Cc1ccc(Oc2ccc(C#Cc3ccccc3)cc2)cc1)c1ccccc1. The summed E-state index contributed by atoms with van der Waals surface area (Å²) >= 11 is 0. The quantitative estimate of drug-likeness (QED) is 0.377. The zero-order valence-electron chi connectivity index (χ0n) is 15.8. The molecule has 4 aromatic rings. The van der Waals surface area contributed by atoms with E-state index in [1.165, 1.54) is 0 Å². The van der Waals surface area contributed by atoms with Gasteiger partial charge in [0.2, 0.25) is 0 Å². The molecule has 0 amide bonds. The van der Waals surface area contributed by atoms with Crippen LogP contribution in [0.3, 0.4) is 0 Å². The van der Waals surface area contributed by atoms with Gasteiger partial charge in [-0.2, -0.15) is 0 Å². The van der Waals surface area contributed by atoms with Gasteiger partial charge in [0.1, 0.15) is 11.5 Å². The van der Waals surface area contributed by atoms with E-state index in [1.54, 1.807) is 0 Å². The predicted octanol–water partition coefficient (Wildman–Crippen LogP) is 6.28. The third-order valence-corrected chi connectivity index (χ3v) is 4.19. The fourth-order valence-electron chi connectivity index (χ4n) is 2.68. The number of benzene rings is 4. The Kier molecular flexibility index (Phi) is 5.73. The standard InChI is InChI=1S/C28H18O/c1-3-7-23(8-4-1)11-13-25-15-19-27(20-16-25)29-28-21-17-26(18-22-28)14-12-24-9-5-2-6-10-24/h1-10,15-22H. The first-order valence-corrected chi connectivity index (χ1v) is 9.37. The lowest BCUT2D eigenvalue weighted by Crippen LogP contribution is -1.85. The largest absolute Gasteiger partial charge is 0.457 e. The van der Waals surface area contributed by atoms with Crippen LogP contribution in [0.2, 0.25) is 0 Å². The maximum absolute atomic E-state index is 5.92. The van der Waals surface area contributed by atoms with Crippen LogP contribution in [0, 0.1) is 23.7 Å². The van der Waals surface area contributed by atoms with Crippen LogP contribution in [0.1, 0.15) is 22.3 Å². The molecule has 1 heteroatoms. The van der Waals surface area contributed by atoms with Crippen LogP contribution in [-0.4, -0.2) is 0 Å². The summed E-state index contributed by atoms with van der Waals surface area (Å²) in [6, 6.07) is 35.5. The van der Waals surface area contributed by atoms with E-state index in [-0.39, 0.29) is 0 Å². The van der Waals surface area contributed by atoms with Crippen molar-refractivity contribution in [1.82, 2.24) is 0 Å². The molecule has 4 aromatic carbocycles. The maximum Gasteiger partial charge on any atom is 0.127 e. The van der Waals surface area contributed by atoms with Crippen LogP contribution < -0.4 is 4.74 Å². The lowest BCUT2D eigenvalue weighted by Gasteiger charge is -2.05. The van der Waals surface area contributed by atoms with E-state index < -0.39 is 0 Å². The van der Waals surface area contributed by atoms with E-state index in [0.717, 1.165) is 33.8 Å². The van der Waals surface area contributed by atoms with Crippen molar-refractivity contribution in [1.29, 1.82) is 0 Å². The van der Waals surface area contributed by atoms with E-state index >= 15 is 0 Å². The molecule has 0 radical (unpaired) electrons. The Labute approximate surface area is 171 Å². The highest BCUT2D eigenvalue weighted by molar-refractivity contribution is 5.46. The van der Waals surface area contributed by atoms with Crippen LogP contribution in [-0.2, 0) is 0 Å². The smallest absolute Gasteiger partial charge is 0.127 e. The third kappa shape index (κ3) is 5.39. The molecule has 0 heterocycles. The van der Waals surface area contributed by atoms with Gasteiger partial charge in [-0.05, 0) is 72.8 Å². The Morgan fingerprint density at radius 2 is 0.655 bits per heavy atom. The van der Waals surface area contributed by atoms with Gasteiger partial charge in [-0.15, -0.1) is 0 Å². The minimum Gasteiger partial charge on any atom is -0.457 e. The summed E-state index contributed by atoms with van der Waals surface area (Å²) in [5, 5.41) is 0. The van der Waals surface area contributed by atoms with Crippen molar-refractivity contribution < 1.29 is 4.74 Å². The van der Waals surface area contributed by atoms with Crippen molar-refractivity contribution in [2.75, 3.05) is 0 Å². The molecule has 0 bridgehead atoms. The van der Waals surface area contributed by atoms with Gasteiger partial charge in [0, 0.05) is 22.3 Å². The summed E-state index contributed by atoms with van der Waals surface area (Å²) in [6.07, 6.45) is 0. The Balaban J connectivity index is 1.39. The maximum atomic E-state index is 5.92. The third-order valence-electron chi connectivity index (χ3n) is 4.19. The van der Waals surface area contributed by atoms with E-state index in [4.69, 9.17) is 4.74 Å². The van der Waals surface area contributed by atoms with E-state index in [9.17, 15) is 0 Å². The molecule has 0 N–H and O–H groups in total. The summed E-state index contributed by atoms with van der Waals surface area (Å²) in [7, 11) is 0. The van der Waals surface area contributed by atoms with Gasteiger partial charge < -0.3 is 4.74 Å². The highest BCUT2D eigenvalue weighted by atomic mass is 16.5. The van der Waals surface area contributed by atoms with Crippen molar-refractivity contribution in [3.8, 4) is 35.2 Å². The molecule has 0 aromatic heterocycles. The number of rotatable bonds is 2. The Morgan fingerprint density at radius 3 is 1.00 bits per heavy atom. The average Bonchev–Trinajstić information content (AvgIpc) is 2.80. The number of hydrogen-bond donors (Lipinski definition) is 0. The summed E-state index contributed by atoms with van der Waals surface area (Å²) in [5.41, 5.74) is 3.91. The molecule has 0 aliphatic rings. The molecule has 0 unspecified atom stereocenters. The molecule has 0 spiro atoms. The summed E-state index contributed by atoms with van der Waals surface area (Å²) in [5.74, 6) is 14.2. The lowest BCUT2D eigenvalue weighted by molar-refractivity contribution is 0.482. The lowest BCUT2D eigenvalue weighted by atomic mass is 10.1. The molecular weight excluding hydrogens is 352 g/mol. The van der Waals surface area contributed by atoms with Gasteiger partial charge in [-0.25, -0.2) is 0 Å². The number of hydrogen-bond acceptors (Lipinski definition) is 1. The van der Waals surface area contributed by atoms with Crippen LogP contribution >= 0.6 is 0 Å². The molecule has 0 fully saturated rings. The summed E-state index contributed by atoms with van der Waals surface area (Å²) < 4.78 is 5.92. The van der Waals surface area contributed by atoms with Gasteiger partial charge in [-0.3, -0.25) is 0 Å². The first-order chi connectivity index (χ1) is 14.3. The Bertz CT molecular complexity index is 1080. The van der Waals surface area contributed by atoms with Crippen LogP contribution in [0.25, 0.3) is 0 Å². The van der Waals surface area contributed by atoms with Crippen molar-refractivity contribution in [3.63, 3.8) is 0 Å². The van der Waals surface area contributed by atoms with Gasteiger partial charge in [0.15, 0.2) is 0 Å². The van der Waals surface area contributed by atoms with Gasteiger partial charge >= 0.3 is 0 Å². The highest BCUT2D eigenvalue weighted by Crippen LogP contribution is 2.22. The van der Waals surface area contributed by atoms with Crippen LogP contribution in [0.5, 0.6) is 11.5 Å². The summed E-state index contributed by atoms with van der Waals surface area (Å²) in [6.45, 7) is 0. The second-order valence-corrected chi connectivity index (χ2v) is 6.38. The predicted molar refractivity (Wildman–Crippen MR) is 118 cm³/mol. The van der Waals surface area contributed by atoms with Crippen molar-refractivity contribution in [2.45, 2.75) is 0 Å². The monoisotopic (exact) mass is 370 g/mol. The molecule has 0 aliphatic heterocycles. The molecule has 136 valence electrons. The zero-order chi connectivity index (χ0) is 19.7. The van der Waals surface area contributed by atoms with Crippen LogP contribution in [0.15, 0.2) is 109 Å². The van der Waals surface area contributed by atoms with E-state index in [0.29, 0.717) is 0 Å². The minimum absolute atomic E-state index is 0.776. The molecular formula is C28H18O. The zero-order valence-corrected chi connectivity index (χ0v) is 15.8. The van der Waals surface area contributed by atoms with Gasteiger partial charge in [-0.1, -0.05) is 60.1 Å². The fourth-order valence-corrected chi connectivity index (χ4v) is 2.68. The number of ether oxygens (including phenoxy) is 1.